The molecular weight excluding hydrogens is 318 g/mol. The second-order valence-electron chi connectivity index (χ2n) is 6.34. The van der Waals surface area contributed by atoms with Crippen molar-refractivity contribution in [2.24, 2.45) is 5.41 Å². The molecule has 20 heavy (non-hydrogen) atoms. The molecule has 2 aliphatic rings. The van der Waals surface area contributed by atoms with Crippen LogP contribution in [0.15, 0.2) is 22.7 Å². The summed E-state index contributed by atoms with van der Waals surface area (Å²) in [5, 5.41) is 9.46. The molecule has 1 aliphatic heterocycles. The highest BCUT2D eigenvalue weighted by Crippen LogP contribution is 2.41. The summed E-state index contributed by atoms with van der Waals surface area (Å²) in [5.74, 6) is -0.656. The minimum Gasteiger partial charge on any atom is -0.481 e. The summed E-state index contributed by atoms with van der Waals surface area (Å²) in [6.45, 7) is 3.57. The highest BCUT2D eigenvalue weighted by atomic mass is 79.9. The van der Waals surface area contributed by atoms with Crippen LogP contribution in [0.5, 0.6) is 0 Å². The van der Waals surface area contributed by atoms with Crippen molar-refractivity contribution in [3.05, 3.63) is 33.8 Å². The maximum atomic E-state index is 11.5. The fourth-order valence-corrected chi connectivity index (χ4v) is 4.07. The van der Waals surface area contributed by atoms with Gasteiger partial charge in [-0.05, 0) is 62.4 Å². The molecule has 1 aromatic carbocycles. The maximum Gasteiger partial charge on any atom is 0.310 e. The van der Waals surface area contributed by atoms with Crippen molar-refractivity contribution in [2.45, 2.75) is 38.6 Å². The van der Waals surface area contributed by atoms with E-state index in [1.165, 1.54) is 11.1 Å². The lowest BCUT2D eigenvalue weighted by atomic mass is 9.81. The SMILES string of the molecule is CC1(C(=O)O)CCCN(C2CCc3cc(Br)ccc32)C1. The third kappa shape index (κ3) is 2.40. The summed E-state index contributed by atoms with van der Waals surface area (Å²) in [4.78, 5) is 13.9. The molecule has 2 atom stereocenters. The zero-order chi connectivity index (χ0) is 14.3. The average Bonchev–Trinajstić information content (AvgIpc) is 2.81. The summed E-state index contributed by atoms with van der Waals surface area (Å²) in [5.41, 5.74) is 2.21. The van der Waals surface area contributed by atoms with Gasteiger partial charge in [0.25, 0.3) is 0 Å². The quantitative estimate of drug-likeness (QED) is 0.895. The molecule has 1 heterocycles. The number of carbonyl (C=O) groups is 1. The second-order valence-corrected chi connectivity index (χ2v) is 7.25. The van der Waals surface area contributed by atoms with Crippen LogP contribution in [-0.2, 0) is 11.2 Å². The van der Waals surface area contributed by atoms with Crippen LogP contribution in [0.4, 0.5) is 0 Å². The number of halogens is 1. The Kier molecular flexibility index (Phi) is 3.63. The number of aliphatic carboxylic acids is 1. The van der Waals surface area contributed by atoms with Crippen LogP contribution in [0.3, 0.4) is 0 Å². The van der Waals surface area contributed by atoms with Gasteiger partial charge in [0.05, 0.1) is 5.41 Å². The van der Waals surface area contributed by atoms with Gasteiger partial charge >= 0.3 is 5.97 Å². The molecule has 3 nitrogen and oxygen atoms in total. The van der Waals surface area contributed by atoms with Gasteiger partial charge in [0, 0.05) is 17.1 Å². The number of likely N-dealkylation sites (tertiary alicyclic amines) is 1. The molecule has 1 aromatic rings. The van der Waals surface area contributed by atoms with Crippen molar-refractivity contribution >= 4 is 21.9 Å². The second kappa shape index (κ2) is 5.15. The van der Waals surface area contributed by atoms with Crippen LogP contribution in [-0.4, -0.2) is 29.1 Å². The number of carboxylic acids is 1. The summed E-state index contributed by atoms with van der Waals surface area (Å²) in [7, 11) is 0. The van der Waals surface area contributed by atoms with Crippen LogP contribution in [0.25, 0.3) is 0 Å². The standard InChI is InChI=1S/C16H20BrNO2/c1-16(15(19)20)7-2-8-18(10-16)14-6-3-11-9-12(17)4-5-13(11)14/h4-5,9,14H,2-3,6-8,10H2,1H3,(H,19,20). The van der Waals surface area contributed by atoms with Crippen LogP contribution < -0.4 is 0 Å². The Morgan fingerprint density at radius 3 is 3.05 bits per heavy atom. The van der Waals surface area contributed by atoms with E-state index >= 15 is 0 Å². The maximum absolute atomic E-state index is 11.5. The van der Waals surface area contributed by atoms with Crippen LogP contribution >= 0.6 is 15.9 Å². The molecule has 0 aromatic heterocycles. The van der Waals surface area contributed by atoms with Crippen molar-refractivity contribution in [1.82, 2.24) is 4.90 Å². The van der Waals surface area contributed by atoms with E-state index in [0.717, 1.165) is 36.7 Å². The molecule has 108 valence electrons. The topological polar surface area (TPSA) is 40.5 Å². The van der Waals surface area contributed by atoms with E-state index in [4.69, 9.17) is 0 Å². The molecule has 3 rings (SSSR count). The molecule has 1 aliphatic carbocycles. The molecule has 0 radical (unpaired) electrons. The predicted octanol–water partition coefficient (Wildman–Crippen LogP) is 3.62. The van der Waals surface area contributed by atoms with Gasteiger partial charge in [0.2, 0.25) is 0 Å². The van der Waals surface area contributed by atoms with Gasteiger partial charge in [-0.2, -0.15) is 0 Å². The molecule has 0 bridgehead atoms. The Bertz CT molecular complexity index is 545. The van der Waals surface area contributed by atoms with E-state index < -0.39 is 11.4 Å². The first-order valence-corrected chi connectivity index (χ1v) is 8.05. The fraction of sp³-hybridized carbons (Fsp3) is 0.562. The van der Waals surface area contributed by atoms with Gasteiger partial charge in [-0.25, -0.2) is 0 Å². The van der Waals surface area contributed by atoms with Crippen molar-refractivity contribution < 1.29 is 9.90 Å². The Morgan fingerprint density at radius 1 is 1.50 bits per heavy atom. The molecule has 1 saturated heterocycles. The van der Waals surface area contributed by atoms with E-state index in [9.17, 15) is 9.90 Å². The number of hydrogen-bond acceptors (Lipinski definition) is 2. The van der Waals surface area contributed by atoms with Crippen LogP contribution in [0.2, 0.25) is 0 Å². The lowest BCUT2D eigenvalue weighted by molar-refractivity contribution is -0.151. The zero-order valence-corrected chi connectivity index (χ0v) is 13.3. The first-order chi connectivity index (χ1) is 9.49. The molecule has 0 amide bonds. The molecule has 2 unspecified atom stereocenters. The summed E-state index contributed by atoms with van der Waals surface area (Å²) in [6, 6.07) is 6.90. The largest absolute Gasteiger partial charge is 0.481 e. The number of fused-ring (bicyclic) bond motifs is 1. The van der Waals surface area contributed by atoms with Gasteiger partial charge in [0.1, 0.15) is 0 Å². The number of benzene rings is 1. The lowest BCUT2D eigenvalue weighted by Gasteiger charge is -2.41. The molecule has 0 spiro atoms. The normalized spacial score (nSPS) is 30.2. The van der Waals surface area contributed by atoms with E-state index in [2.05, 4.69) is 39.0 Å². The van der Waals surface area contributed by atoms with E-state index in [1.54, 1.807) is 0 Å². The summed E-state index contributed by atoms with van der Waals surface area (Å²) >= 11 is 3.53. The van der Waals surface area contributed by atoms with E-state index in [1.807, 2.05) is 6.92 Å². The lowest BCUT2D eigenvalue weighted by Crippen LogP contribution is -2.46. The monoisotopic (exact) mass is 337 g/mol. The van der Waals surface area contributed by atoms with Crippen molar-refractivity contribution in [1.29, 1.82) is 0 Å². The van der Waals surface area contributed by atoms with Gasteiger partial charge in [0.15, 0.2) is 0 Å². The fourth-order valence-electron chi connectivity index (χ4n) is 3.66. The smallest absolute Gasteiger partial charge is 0.310 e. The van der Waals surface area contributed by atoms with Gasteiger partial charge < -0.3 is 5.11 Å². The number of carboxylic acid groups (broad SMARTS) is 1. The Hall–Kier alpha value is -0.870. The molecule has 4 heteroatoms. The highest BCUT2D eigenvalue weighted by Gasteiger charge is 2.41. The summed E-state index contributed by atoms with van der Waals surface area (Å²) in [6.07, 6.45) is 3.98. The third-order valence-electron chi connectivity index (χ3n) is 4.83. The van der Waals surface area contributed by atoms with Gasteiger partial charge in [-0.15, -0.1) is 0 Å². The van der Waals surface area contributed by atoms with Crippen molar-refractivity contribution in [2.75, 3.05) is 13.1 Å². The first kappa shape index (κ1) is 14.1. The van der Waals surface area contributed by atoms with Gasteiger partial charge in [-0.3, -0.25) is 9.69 Å². The molecular formula is C16H20BrNO2. The Labute approximate surface area is 128 Å². The zero-order valence-electron chi connectivity index (χ0n) is 11.7. The number of nitrogens with zero attached hydrogens (tertiary/aromatic N) is 1. The van der Waals surface area contributed by atoms with Crippen molar-refractivity contribution in [3.63, 3.8) is 0 Å². The number of hydrogen-bond donors (Lipinski definition) is 1. The summed E-state index contributed by atoms with van der Waals surface area (Å²) < 4.78 is 1.13. The van der Waals surface area contributed by atoms with Gasteiger partial charge in [-0.1, -0.05) is 22.0 Å². The molecule has 0 saturated carbocycles. The highest BCUT2D eigenvalue weighted by molar-refractivity contribution is 9.10. The minimum atomic E-state index is -0.656. The number of rotatable bonds is 2. The number of piperidine rings is 1. The van der Waals surface area contributed by atoms with Crippen LogP contribution in [0, 0.1) is 5.41 Å². The predicted molar refractivity (Wildman–Crippen MR) is 81.8 cm³/mol. The van der Waals surface area contributed by atoms with Crippen LogP contribution in [0.1, 0.15) is 43.4 Å². The minimum absolute atomic E-state index is 0.400. The molecule has 1 N–H and O–H groups in total. The van der Waals surface area contributed by atoms with E-state index in [-0.39, 0.29) is 0 Å². The Morgan fingerprint density at radius 2 is 2.30 bits per heavy atom. The first-order valence-electron chi connectivity index (χ1n) is 7.25. The third-order valence-corrected chi connectivity index (χ3v) is 5.33. The molecule has 1 fully saturated rings. The van der Waals surface area contributed by atoms with E-state index in [0.29, 0.717) is 12.6 Å². The number of aryl methyl sites for hydroxylation is 1. The Balaban J connectivity index is 1.83. The van der Waals surface area contributed by atoms with Crippen molar-refractivity contribution in [3.8, 4) is 0 Å². The average molecular weight is 338 g/mol.